The maximum absolute atomic E-state index is 5.19. The topological polar surface area (TPSA) is 64.8 Å². The first kappa shape index (κ1) is 97.5. The fourth-order valence-electron chi connectivity index (χ4n) is 14.8. The van der Waals surface area contributed by atoms with Crippen LogP contribution in [0.5, 0.6) is 17.2 Å². The Bertz CT molecular complexity index is 4110. The Hall–Kier alpha value is -5.53. The van der Waals surface area contributed by atoms with Gasteiger partial charge in [-0.2, -0.15) is 0 Å². The zero-order valence-electron chi connectivity index (χ0n) is 68.3. The van der Waals surface area contributed by atoms with Crippen LogP contribution < -0.4 is 14.2 Å². The van der Waals surface area contributed by atoms with E-state index in [1.807, 2.05) is 124 Å². The van der Waals surface area contributed by atoms with Gasteiger partial charge in [-0.25, -0.2) is 0 Å². The molecule has 13 rings (SSSR count). The van der Waals surface area contributed by atoms with Crippen LogP contribution in [0.2, 0.25) is 0 Å². The summed E-state index contributed by atoms with van der Waals surface area (Å²) >= 11 is 4.42. The Morgan fingerprint density at radius 2 is 0.495 bits per heavy atom. The maximum atomic E-state index is 5.19. The third kappa shape index (κ3) is 27.4. The number of methoxy groups -OCH3 is 3. The molecule has 0 heterocycles. The fourth-order valence-corrected chi connectivity index (χ4v) is 14.8. The number of rotatable bonds is 9. The van der Waals surface area contributed by atoms with Gasteiger partial charge < -0.3 is 51.5 Å². The van der Waals surface area contributed by atoms with Crippen molar-refractivity contribution in [3.05, 3.63) is 251 Å². The summed E-state index contributed by atoms with van der Waals surface area (Å²) in [5, 5.41) is 9.71. The minimum absolute atomic E-state index is 0. The number of hydrogen-bond donors (Lipinski definition) is 0. The molecule has 0 bridgehead atoms. The molecule has 0 N–H and O–H groups in total. The van der Waals surface area contributed by atoms with E-state index in [-0.39, 0.29) is 22.3 Å². The van der Waals surface area contributed by atoms with E-state index in [1.54, 1.807) is 21.3 Å². The number of aliphatic imine (C=N–C) groups is 3. The van der Waals surface area contributed by atoms with E-state index in [9.17, 15) is 0 Å². The van der Waals surface area contributed by atoms with Gasteiger partial charge in [0.1, 0.15) is 17.2 Å². The van der Waals surface area contributed by atoms with Crippen molar-refractivity contribution in [2.75, 3.05) is 21.3 Å². The van der Waals surface area contributed by atoms with E-state index in [4.69, 9.17) is 19.2 Å². The molecule has 0 spiro atoms. The molecule has 12 heteroatoms. The second kappa shape index (κ2) is 49.0. The summed E-state index contributed by atoms with van der Waals surface area (Å²) < 4.78 is 15.5. The summed E-state index contributed by atoms with van der Waals surface area (Å²) in [5.41, 5.74) is 9.89. The molecule has 0 aliphatic heterocycles. The first-order valence-corrected chi connectivity index (χ1v) is 45.3. The zero-order valence-corrected chi connectivity index (χ0v) is 77.7. The molecule has 0 unspecified atom stereocenters. The fraction of sp³-hybridized carbons (Fsp3) is 0.389. The second-order valence-corrected chi connectivity index (χ2v) is 29.2. The van der Waals surface area contributed by atoms with Crippen LogP contribution in [-0.4, -0.2) is 38.5 Å². The summed E-state index contributed by atoms with van der Waals surface area (Å²) in [5.74, 6) is 16.5. The van der Waals surface area contributed by atoms with Crippen molar-refractivity contribution < 1.29 is 67.9 Å². The molecule has 10 aromatic rings. The van der Waals surface area contributed by atoms with Crippen molar-refractivity contribution in [3.8, 4) is 17.2 Å². The summed E-state index contributed by atoms with van der Waals surface area (Å²) in [6, 6.07) is 73.3. The molecule has 3 aliphatic carbocycles. The molecule has 3 fully saturated rings. The van der Waals surface area contributed by atoms with Gasteiger partial charge in [0.25, 0.3) is 0 Å². The van der Waals surface area contributed by atoms with Gasteiger partial charge in [-0.1, -0.05) is 225 Å². The van der Waals surface area contributed by atoms with Gasteiger partial charge in [0.05, 0.1) is 38.4 Å². The summed E-state index contributed by atoms with van der Waals surface area (Å²) in [6.45, 7) is 44.1. The number of nitrogens with zero attached hydrogens (tertiary/aromatic N) is 3. The third-order valence-electron chi connectivity index (χ3n) is 24.0. The van der Waals surface area contributed by atoms with Crippen molar-refractivity contribution in [1.29, 1.82) is 0 Å². The van der Waals surface area contributed by atoms with Gasteiger partial charge in [-0.3, -0.25) is 0 Å². The average Bonchev–Trinajstić information content (AvgIpc) is 1.77. The molecule has 6 nitrogen and oxygen atoms in total. The molecule has 0 aromatic heterocycles. The van der Waals surface area contributed by atoms with Crippen LogP contribution in [0.25, 0.3) is 43.1 Å². The molecule has 0 atom stereocenters. The second-order valence-electron chi connectivity index (χ2n) is 29.2. The molecule has 107 heavy (non-hydrogen) atoms. The summed E-state index contributed by atoms with van der Waals surface area (Å²) in [7, 11) is 18.9. The molecule has 3 aliphatic rings. The first-order chi connectivity index (χ1) is 49.8. The molecule has 3 saturated carbocycles. The van der Waals surface area contributed by atoms with Gasteiger partial charge >= 0.3 is 82.4 Å². The Balaban J connectivity index is 0.000000442. The molecule has 0 radical (unpaired) electrons. The summed E-state index contributed by atoms with van der Waals surface area (Å²) in [4.78, 5) is 14.0. The van der Waals surface area contributed by atoms with Gasteiger partial charge in [0.15, 0.2) is 0 Å². The van der Waals surface area contributed by atoms with E-state index < -0.39 is 0 Å². The predicted molar refractivity (Wildman–Crippen MR) is 459 cm³/mol. The molecule has 0 amide bonds. The zero-order chi connectivity index (χ0) is 77.1. The molecular formula is C95H121Cl3Ir3N3O3. The van der Waals surface area contributed by atoms with Gasteiger partial charge in [0, 0.05) is 0 Å². The van der Waals surface area contributed by atoms with Crippen molar-refractivity contribution in [2.45, 2.75) is 132 Å². The van der Waals surface area contributed by atoms with Gasteiger partial charge in [-0.05, 0) is 196 Å². The number of ether oxygens (including phenoxy) is 3. The van der Waals surface area contributed by atoms with Gasteiger partial charge in [-0.15, -0.1) is 87.4 Å². The van der Waals surface area contributed by atoms with Crippen molar-refractivity contribution >= 4 is 106 Å². The normalized spacial score (nSPS) is 23.2. The minimum atomic E-state index is 0. The van der Waals surface area contributed by atoms with Gasteiger partial charge in [0.2, 0.25) is 0 Å². The Labute approximate surface area is 692 Å². The summed E-state index contributed by atoms with van der Waals surface area (Å²) in [6.07, 6.45) is 0. The number of fused-ring (bicyclic) bond motifs is 4. The van der Waals surface area contributed by atoms with Crippen LogP contribution in [0.3, 0.4) is 0 Å². The average molecular weight is 2040 g/mol. The van der Waals surface area contributed by atoms with Crippen LogP contribution in [-0.2, 0) is 53.7 Å². The van der Waals surface area contributed by atoms with E-state index >= 15 is 0 Å². The van der Waals surface area contributed by atoms with Crippen LogP contribution in [0, 0.1) is 136 Å². The predicted octanol–water partition coefficient (Wildman–Crippen LogP) is 28.8. The molecular weight excluding hydrogens is 1910 g/mol. The van der Waals surface area contributed by atoms with E-state index in [0.29, 0.717) is 0 Å². The molecule has 582 valence electrons. The number of aryl methyl sites for hydroxylation is 1. The Kier molecular flexibility index (Phi) is 44.6. The number of hydrogen-bond acceptors (Lipinski definition) is 6. The quantitative estimate of drug-likeness (QED) is 0.0822. The monoisotopic (exact) mass is 2040 g/mol. The van der Waals surface area contributed by atoms with Crippen molar-refractivity contribution in [1.82, 2.24) is 0 Å². The van der Waals surface area contributed by atoms with E-state index in [0.717, 1.165) is 157 Å². The van der Waals surface area contributed by atoms with Crippen molar-refractivity contribution in [3.63, 3.8) is 0 Å². The van der Waals surface area contributed by atoms with Crippen LogP contribution in [0.1, 0.15) is 147 Å². The van der Waals surface area contributed by atoms with Crippen molar-refractivity contribution in [2.24, 2.45) is 104 Å². The van der Waals surface area contributed by atoms with Crippen LogP contribution in [0.15, 0.2) is 203 Å². The first-order valence-electron chi connectivity index (χ1n) is 36.4. The molecule has 0 saturated heterocycles. The molecule has 10 aromatic carbocycles. The number of halogens is 3. The standard InChI is InChI=1S/C23H18NO.C20H18NO.C19H16NO.3C10H20.3CH3.3ClH.3Ir/c1-16(24-22-9-11-23(25-2)12-10-22)17-7-8-20-14-18-5-3-4-6-19(18)15-21(20)13-17;1-14-4-5-18-13-16(6-7-17(18)12-14)15(2)21-19-8-10-20(22-3)11-9-19;1-14(20-18-9-11-19(21-2)12-10-18)16-8-7-15-5-3-4-6-17(15)13-16;3*1-6-7(2)9(4)10(5)8(6)3;;;;;;;;;/h3-6,8-15H,1-2H3;4-5,7-13H,1-3H3;3-7,9-13H,1-2H3;3*6-10H,1-5H3;3*1H3;3*1H;;;/q3*-1;;;;3*-1;;;;3*+3/p-3. The SMILES string of the molecule is CC1C(C)C(C)C(C)C1C.CC1C(C)C(C)C(C)C1C.CC1C(C)C(C)C(C)C1C.COc1ccc(N=C(C)c2[c-]cc3cc(C)ccc3c2)cc1.COc1ccc(N=C(C)c2[c-]cc3cc4ccccc4cc3c2)cc1.COc1ccc(N=C(C)c2[c-]cc3ccccc3c2)cc1.[CH3-].[CH3-].[CH3-].[Cl][Ir+2].[Cl][Ir+2].[Cl][Ir+2]. The van der Waals surface area contributed by atoms with Crippen LogP contribution in [0.4, 0.5) is 17.1 Å². The van der Waals surface area contributed by atoms with E-state index in [2.05, 4.69) is 253 Å². The number of benzene rings is 10. The Morgan fingerprint density at radius 3 is 0.766 bits per heavy atom. The van der Waals surface area contributed by atoms with Crippen LogP contribution >= 0.6 is 28.8 Å². The Morgan fingerprint density at radius 1 is 0.280 bits per heavy atom. The van der Waals surface area contributed by atoms with E-state index in [1.165, 1.54) is 102 Å². The third-order valence-corrected chi connectivity index (χ3v) is 24.0.